The molecule has 0 bridgehead atoms. The summed E-state index contributed by atoms with van der Waals surface area (Å²) in [5, 5.41) is 19.5. The number of nitrogens with zero attached hydrogens (tertiary/aromatic N) is 7. The monoisotopic (exact) mass is 428 g/mol. The van der Waals surface area contributed by atoms with Crippen molar-refractivity contribution in [1.29, 1.82) is 0 Å². The highest BCUT2D eigenvalue weighted by molar-refractivity contribution is 5.74. The fraction of sp³-hybridized carbons (Fsp3) is 0.182. The molecule has 10 nitrogen and oxygen atoms in total. The van der Waals surface area contributed by atoms with Crippen LogP contribution in [0.25, 0.3) is 11.0 Å². The van der Waals surface area contributed by atoms with E-state index in [4.69, 9.17) is 4.42 Å². The number of benzene rings is 2. The van der Waals surface area contributed by atoms with Crippen molar-refractivity contribution in [2.75, 3.05) is 5.32 Å². The molecule has 0 aliphatic heterocycles. The third-order valence-electron chi connectivity index (χ3n) is 4.99. The van der Waals surface area contributed by atoms with Crippen LogP contribution in [-0.4, -0.2) is 34.7 Å². The van der Waals surface area contributed by atoms with Crippen LogP contribution in [0, 0.1) is 13.8 Å². The van der Waals surface area contributed by atoms with Crippen molar-refractivity contribution in [3.63, 3.8) is 0 Å². The summed E-state index contributed by atoms with van der Waals surface area (Å²) in [6.07, 6.45) is 1.76. The number of fused-ring (bicyclic) bond motifs is 1. The van der Waals surface area contributed by atoms with Gasteiger partial charge < -0.3 is 9.73 Å². The summed E-state index contributed by atoms with van der Waals surface area (Å²) in [6, 6.07) is 15.7. The average Bonchev–Trinajstić information content (AvgIpc) is 3.42. The quantitative estimate of drug-likeness (QED) is 0.439. The molecule has 0 aliphatic rings. The summed E-state index contributed by atoms with van der Waals surface area (Å²) in [6.45, 7) is 4.28. The summed E-state index contributed by atoms with van der Waals surface area (Å²) in [5.74, 6) is 0.387. The van der Waals surface area contributed by atoms with Crippen LogP contribution >= 0.6 is 0 Å². The van der Waals surface area contributed by atoms with Gasteiger partial charge in [0.25, 0.3) is 5.56 Å². The number of hydrogen-bond acceptors (Lipinski definition) is 8. The third-order valence-corrected chi connectivity index (χ3v) is 4.99. The van der Waals surface area contributed by atoms with E-state index < -0.39 is 0 Å². The number of hydrogen-bond donors (Lipinski definition) is 1. The number of aryl methyl sites for hydroxylation is 2. The number of rotatable bonds is 6. The maximum atomic E-state index is 12.7. The summed E-state index contributed by atoms with van der Waals surface area (Å²) in [5.41, 5.74) is 4.47. The first-order valence-corrected chi connectivity index (χ1v) is 10.1. The minimum atomic E-state index is -0.151. The van der Waals surface area contributed by atoms with Gasteiger partial charge in [0.15, 0.2) is 0 Å². The van der Waals surface area contributed by atoms with E-state index in [1.54, 1.807) is 22.4 Å². The molecule has 0 amide bonds. The molecule has 3 heterocycles. The number of aromatic nitrogens is 7. The van der Waals surface area contributed by atoms with Crippen LogP contribution in [0.2, 0.25) is 0 Å². The Labute approximate surface area is 182 Å². The van der Waals surface area contributed by atoms with Gasteiger partial charge >= 0.3 is 6.01 Å². The van der Waals surface area contributed by atoms with Crippen LogP contribution in [0.1, 0.15) is 22.8 Å². The maximum Gasteiger partial charge on any atom is 0.320 e. The van der Waals surface area contributed by atoms with E-state index in [1.165, 1.54) is 5.56 Å². The van der Waals surface area contributed by atoms with Crippen molar-refractivity contribution in [2.24, 2.45) is 0 Å². The fourth-order valence-electron chi connectivity index (χ4n) is 3.39. The van der Waals surface area contributed by atoms with Gasteiger partial charge in [0, 0.05) is 5.69 Å². The highest BCUT2D eigenvalue weighted by Crippen LogP contribution is 2.16. The molecule has 1 N–H and O–H groups in total. The molecule has 0 radical (unpaired) electrons. The van der Waals surface area contributed by atoms with Crippen LogP contribution in [0.5, 0.6) is 0 Å². The van der Waals surface area contributed by atoms with E-state index in [-0.39, 0.29) is 18.6 Å². The highest BCUT2D eigenvalue weighted by atomic mass is 16.4. The van der Waals surface area contributed by atoms with Crippen LogP contribution in [0.15, 0.2) is 63.9 Å². The lowest BCUT2D eigenvalue weighted by molar-refractivity contribution is 0.471. The van der Waals surface area contributed by atoms with Gasteiger partial charge in [-0.25, -0.2) is 9.67 Å². The van der Waals surface area contributed by atoms with E-state index in [2.05, 4.69) is 30.8 Å². The molecular formula is C22H20N8O2. The molecule has 0 saturated heterocycles. The van der Waals surface area contributed by atoms with E-state index in [0.29, 0.717) is 23.3 Å². The lowest BCUT2D eigenvalue weighted by Gasteiger charge is -2.09. The Morgan fingerprint density at radius 2 is 1.78 bits per heavy atom. The summed E-state index contributed by atoms with van der Waals surface area (Å²) < 4.78 is 8.91. The van der Waals surface area contributed by atoms with Crippen LogP contribution in [0.3, 0.4) is 0 Å². The predicted molar refractivity (Wildman–Crippen MR) is 118 cm³/mol. The molecule has 0 unspecified atom stereocenters. The lowest BCUT2D eigenvalue weighted by atomic mass is 10.2. The second-order valence-electron chi connectivity index (χ2n) is 7.48. The Balaban J connectivity index is 1.32. The third kappa shape index (κ3) is 3.97. The zero-order valence-electron chi connectivity index (χ0n) is 17.6. The van der Waals surface area contributed by atoms with Crippen molar-refractivity contribution >= 4 is 22.7 Å². The number of nitrogens with one attached hydrogen (secondary N) is 1. The topological polar surface area (TPSA) is 117 Å². The molecule has 160 valence electrons. The predicted octanol–water partition coefficient (Wildman–Crippen LogP) is 2.83. The smallest absolute Gasteiger partial charge is 0.320 e. The van der Waals surface area contributed by atoms with Gasteiger partial charge in [-0.3, -0.25) is 9.36 Å². The minimum Gasteiger partial charge on any atom is -0.406 e. The van der Waals surface area contributed by atoms with E-state index in [0.717, 1.165) is 16.7 Å². The molecule has 2 aromatic carbocycles. The van der Waals surface area contributed by atoms with Crippen molar-refractivity contribution in [3.8, 4) is 0 Å². The lowest BCUT2D eigenvalue weighted by Crippen LogP contribution is -2.24. The van der Waals surface area contributed by atoms with E-state index >= 15 is 0 Å². The molecular weight excluding hydrogens is 408 g/mol. The van der Waals surface area contributed by atoms with Gasteiger partial charge in [-0.2, -0.15) is 0 Å². The van der Waals surface area contributed by atoms with Crippen LogP contribution in [0.4, 0.5) is 11.7 Å². The SMILES string of the molecule is Cc1ccc(Nc2nnc(Cn3cc(Cn4c(=O)c(C)nc5ccccc54)nn3)o2)cc1. The number of anilines is 2. The number of para-hydroxylation sites is 2. The normalized spacial score (nSPS) is 11.2. The molecule has 10 heteroatoms. The fourth-order valence-corrected chi connectivity index (χ4v) is 3.39. The van der Waals surface area contributed by atoms with Crippen LogP contribution < -0.4 is 10.9 Å². The van der Waals surface area contributed by atoms with E-state index in [1.807, 2.05) is 55.5 Å². The Hall–Kier alpha value is -4.34. The van der Waals surface area contributed by atoms with Gasteiger partial charge in [-0.1, -0.05) is 40.1 Å². The zero-order chi connectivity index (χ0) is 22.1. The Bertz CT molecular complexity index is 1450. The first kappa shape index (κ1) is 19.6. The zero-order valence-corrected chi connectivity index (χ0v) is 17.6. The summed E-state index contributed by atoms with van der Waals surface area (Å²) >= 11 is 0. The second-order valence-corrected chi connectivity index (χ2v) is 7.48. The highest BCUT2D eigenvalue weighted by Gasteiger charge is 2.12. The van der Waals surface area contributed by atoms with E-state index in [9.17, 15) is 4.79 Å². The van der Waals surface area contributed by atoms with Gasteiger partial charge in [-0.05, 0) is 38.1 Å². The van der Waals surface area contributed by atoms with Crippen LogP contribution in [-0.2, 0) is 13.1 Å². The minimum absolute atomic E-state index is 0.151. The summed E-state index contributed by atoms with van der Waals surface area (Å²) in [4.78, 5) is 17.0. The van der Waals surface area contributed by atoms with Crippen molar-refractivity contribution < 1.29 is 4.42 Å². The molecule has 5 aromatic rings. The summed E-state index contributed by atoms with van der Waals surface area (Å²) in [7, 11) is 0. The second kappa shape index (κ2) is 8.06. The van der Waals surface area contributed by atoms with Gasteiger partial charge in [0.1, 0.15) is 17.9 Å². The average molecular weight is 428 g/mol. The van der Waals surface area contributed by atoms with Crippen molar-refractivity contribution in [2.45, 2.75) is 26.9 Å². The first-order chi connectivity index (χ1) is 15.5. The van der Waals surface area contributed by atoms with Gasteiger partial charge in [0.05, 0.1) is 23.8 Å². The Morgan fingerprint density at radius 1 is 0.969 bits per heavy atom. The van der Waals surface area contributed by atoms with Crippen molar-refractivity contribution in [1.82, 2.24) is 34.7 Å². The maximum absolute atomic E-state index is 12.7. The van der Waals surface area contributed by atoms with Crippen molar-refractivity contribution in [3.05, 3.63) is 87.9 Å². The Morgan fingerprint density at radius 3 is 2.62 bits per heavy atom. The molecule has 0 saturated carbocycles. The molecule has 5 rings (SSSR count). The standard InChI is InChI=1S/C22H20N8O2/c1-14-7-9-16(10-8-14)24-22-27-26-20(32-22)13-29-11-17(25-28-29)12-30-19-6-4-3-5-18(19)23-15(2)21(30)31/h3-11H,12-13H2,1-2H3,(H,24,27). The van der Waals surface area contributed by atoms with Gasteiger partial charge in [0.2, 0.25) is 5.89 Å². The first-order valence-electron chi connectivity index (χ1n) is 10.1. The molecule has 0 fully saturated rings. The molecule has 0 aliphatic carbocycles. The molecule has 0 atom stereocenters. The largest absolute Gasteiger partial charge is 0.406 e. The Kier molecular flexibility index (Phi) is 4.94. The van der Waals surface area contributed by atoms with Gasteiger partial charge in [-0.15, -0.1) is 10.2 Å². The molecule has 0 spiro atoms. The molecule has 32 heavy (non-hydrogen) atoms. The molecule has 3 aromatic heterocycles.